The number of ether oxygens (including phenoxy) is 11. The van der Waals surface area contributed by atoms with E-state index in [0.29, 0.717) is 13.0 Å². The van der Waals surface area contributed by atoms with E-state index >= 15 is 9.59 Å². The summed E-state index contributed by atoms with van der Waals surface area (Å²) in [5, 5.41) is 29.7. The minimum absolute atomic E-state index is 0.00973. The van der Waals surface area contributed by atoms with Crippen LogP contribution in [0.1, 0.15) is 121 Å². The highest BCUT2D eigenvalue weighted by molar-refractivity contribution is 5.91. The smallest absolute Gasteiger partial charge is 0.408 e. The number of carbonyl (C=O) groups is 4. The lowest BCUT2D eigenvalue weighted by Crippen LogP contribution is -2.59. The molecule has 0 spiro atoms. The SMILES string of the molecule is CON=C1C[C@@H](C)O[C@@H](O[C@@H]2[C@@H](C)[C@H](O[C@H]3C[C@@H](C)N(C)C[C@H](C)O3)[C@@H](C)C(=O)O[C@H](C(C)CO[C@@H]3O[C@H](C)[C@@H](O)[C@@H](OC)[C@H]3OC)[C@H](C)[C@@H](OC(=O)CC(C)C)[C@@H](C)C(=O)[C@@](C)(OC(=O)NCc3ccccc3)C[C@@H]2C)[C@@H]1O. The van der Waals surface area contributed by atoms with Crippen molar-refractivity contribution < 1.29 is 86.3 Å². The summed E-state index contributed by atoms with van der Waals surface area (Å²) in [6.07, 6.45) is -13.5. The molecule has 21 nitrogen and oxygen atoms in total. The molecule has 0 bridgehead atoms. The van der Waals surface area contributed by atoms with Gasteiger partial charge in [-0.15, -0.1) is 0 Å². The molecule has 22 atom stereocenters. The molecule has 4 fully saturated rings. The van der Waals surface area contributed by atoms with E-state index in [9.17, 15) is 19.8 Å². The van der Waals surface area contributed by atoms with Crippen LogP contribution in [-0.2, 0) is 77.9 Å². The van der Waals surface area contributed by atoms with Gasteiger partial charge in [0.1, 0.15) is 43.7 Å². The molecule has 4 aliphatic rings. The van der Waals surface area contributed by atoms with Gasteiger partial charge in [-0.2, -0.15) is 0 Å². The van der Waals surface area contributed by atoms with Gasteiger partial charge in [0.2, 0.25) is 0 Å². The number of carbonyl (C=O) groups excluding carboxylic acids is 4. The first kappa shape index (κ1) is 65.9. The maximum atomic E-state index is 15.8. The van der Waals surface area contributed by atoms with Crippen LogP contribution in [0.15, 0.2) is 35.5 Å². The number of esters is 2. The number of hydrogen-bond donors (Lipinski definition) is 3. The standard InChI is InChI=1S/C58H95N3O18/c1-30(2)23-43(62)75-49-37(9)48(32(4)29-71-56-52(69-16)51(68-15)45(63)40(12)74-56)77-54(66)39(11)50(76-44-24-33(5)61(14)28-35(7)72-44)36(8)47(78-55-46(64)42(60-70-17)25-34(6)73-55)31(3)26-58(13,53(65)38(49)10)79-57(67)59-27-41-21-19-18-20-22-41/h18-22,30-40,44-52,55-56,63-64H,23-29H2,1-17H3,(H,59,67)/t31-,32?,33+,34+,35-,36+,37-,38+,39+,40+,44-,45+,46+,47-,48+,49+,50-,51+,52+,55-,56+,58-/m0/s1. The van der Waals surface area contributed by atoms with Crippen LogP contribution in [0.25, 0.3) is 0 Å². The van der Waals surface area contributed by atoms with E-state index in [-0.39, 0.29) is 56.2 Å². The molecule has 4 heterocycles. The van der Waals surface area contributed by atoms with Gasteiger partial charge in [-0.05, 0) is 72.4 Å². The van der Waals surface area contributed by atoms with E-state index in [2.05, 4.69) is 22.3 Å². The second-order valence-corrected chi connectivity index (χ2v) is 23.5. The summed E-state index contributed by atoms with van der Waals surface area (Å²) in [6.45, 7) is 24.0. The van der Waals surface area contributed by atoms with Crippen LogP contribution in [0.2, 0.25) is 0 Å². The highest BCUT2D eigenvalue weighted by Crippen LogP contribution is 2.40. The molecule has 5 rings (SSSR count). The van der Waals surface area contributed by atoms with Crippen LogP contribution in [0.4, 0.5) is 4.79 Å². The number of Topliss-reactive ketones (excluding diaryl/α,β-unsaturated/α-hetero) is 1. The summed E-state index contributed by atoms with van der Waals surface area (Å²) >= 11 is 0. The molecular formula is C58H95N3O18. The third kappa shape index (κ3) is 17.3. The second-order valence-electron chi connectivity index (χ2n) is 23.5. The molecule has 4 saturated heterocycles. The molecule has 3 N–H and O–H groups in total. The number of aliphatic hydroxyl groups excluding tert-OH is 2. The molecule has 0 saturated carbocycles. The van der Waals surface area contributed by atoms with E-state index in [1.165, 1.54) is 28.3 Å². The molecule has 21 heteroatoms. The van der Waals surface area contributed by atoms with Crippen molar-refractivity contribution in [2.24, 2.45) is 46.6 Å². The van der Waals surface area contributed by atoms with E-state index in [1.54, 1.807) is 34.6 Å². The monoisotopic (exact) mass is 1120 g/mol. The quantitative estimate of drug-likeness (QED) is 0.0892. The molecule has 1 aromatic carbocycles. The molecule has 1 aromatic rings. The molecule has 1 unspecified atom stereocenters. The normalized spacial score (nSPS) is 39.5. The van der Waals surface area contributed by atoms with Crippen molar-refractivity contribution in [2.75, 3.05) is 41.5 Å². The number of hydrogen-bond acceptors (Lipinski definition) is 20. The zero-order valence-electron chi connectivity index (χ0n) is 49.9. The molecule has 0 aromatic heterocycles. The summed E-state index contributed by atoms with van der Waals surface area (Å²) in [4.78, 5) is 66.7. The predicted octanol–water partition coefficient (Wildman–Crippen LogP) is 6.21. The van der Waals surface area contributed by atoms with Gasteiger partial charge in [0.15, 0.2) is 30.3 Å². The highest BCUT2D eigenvalue weighted by Gasteiger charge is 2.53. The van der Waals surface area contributed by atoms with Crippen molar-refractivity contribution in [3.8, 4) is 0 Å². The van der Waals surface area contributed by atoms with Crippen molar-refractivity contribution in [1.82, 2.24) is 10.2 Å². The van der Waals surface area contributed by atoms with Gasteiger partial charge in [0, 0.05) is 70.4 Å². The van der Waals surface area contributed by atoms with Gasteiger partial charge in [-0.3, -0.25) is 14.4 Å². The van der Waals surface area contributed by atoms with Gasteiger partial charge in [0.25, 0.3) is 0 Å². The molecule has 79 heavy (non-hydrogen) atoms. The largest absolute Gasteiger partial charge is 0.461 e. The average Bonchev–Trinajstić information content (AvgIpc) is 3.55. The summed E-state index contributed by atoms with van der Waals surface area (Å²) in [5.41, 5.74) is -0.873. The Morgan fingerprint density at radius 3 is 2.13 bits per heavy atom. The Morgan fingerprint density at radius 1 is 0.823 bits per heavy atom. The van der Waals surface area contributed by atoms with Crippen molar-refractivity contribution in [3.63, 3.8) is 0 Å². The predicted molar refractivity (Wildman–Crippen MR) is 290 cm³/mol. The fraction of sp³-hybridized carbons (Fsp3) is 0.810. The molecule has 4 aliphatic heterocycles. The number of nitrogens with one attached hydrogen (secondary N) is 1. The van der Waals surface area contributed by atoms with Crippen LogP contribution in [0, 0.1) is 41.4 Å². The number of ketones is 1. The highest BCUT2D eigenvalue weighted by atomic mass is 16.7. The summed E-state index contributed by atoms with van der Waals surface area (Å²) in [6, 6.07) is 9.25. The van der Waals surface area contributed by atoms with E-state index < -0.39 is 145 Å². The lowest BCUT2D eigenvalue weighted by atomic mass is 9.74. The maximum absolute atomic E-state index is 15.8. The Kier molecular flexibility index (Phi) is 25.0. The van der Waals surface area contributed by atoms with Crippen molar-refractivity contribution >= 4 is 29.5 Å². The number of alkyl carbamates (subject to hydrolysis) is 1. The van der Waals surface area contributed by atoms with Gasteiger partial charge < -0.3 is 77.4 Å². The molecular weight excluding hydrogens is 1030 g/mol. The summed E-state index contributed by atoms with van der Waals surface area (Å²) in [7, 11) is 6.31. The first-order valence-corrected chi connectivity index (χ1v) is 28.3. The van der Waals surface area contributed by atoms with E-state index in [4.69, 9.17) is 56.9 Å². The first-order chi connectivity index (χ1) is 37.2. The Labute approximate surface area is 468 Å². The third-order valence-corrected chi connectivity index (χ3v) is 16.2. The number of cyclic esters (lactones) is 1. The van der Waals surface area contributed by atoms with Crippen LogP contribution < -0.4 is 5.32 Å². The number of oxime groups is 1. The van der Waals surface area contributed by atoms with Crippen LogP contribution in [-0.4, -0.2) is 184 Å². The zero-order chi connectivity index (χ0) is 58.6. The van der Waals surface area contributed by atoms with Gasteiger partial charge >= 0.3 is 18.0 Å². The van der Waals surface area contributed by atoms with Crippen LogP contribution >= 0.6 is 0 Å². The summed E-state index contributed by atoms with van der Waals surface area (Å²) in [5.74, 6) is -7.37. The summed E-state index contributed by atoms with van der Waals surface area (Å²) < 4.78 is 70.4. The zero-order valence-corrected chi connectivity index (χ0v) is 49.9. The topological polar surface area (TPSA) is 247 Å². The molecule has 450 valence electrons. The maximum Gasteiger partial charge on any atom is 0.408 e. The number of likely N-dealkylation sites (N-methyl/N-ethyl adjacent to an activating group) is 1. The Balaban J connectivity index is 1.70. The number of amides is 1. The number of nitrogens with zero attached hydrogens (tertiary/aromatic N) is 2. The fourth-order valence-corrected chi connectivity index (χ4v) is 11.8. The lowest BCUT2D eigenvalue weighted by Gasteiger charge is -2.45. The number of benzene rings is 1. The van der Waals surface area contributed by atoms with Crippen molar-refractivity contribution in [3.05, 3.63) is 35.9 Å². The minimum atomic E-state index is -1.95. The number of methoxy groups -OCH3 is 2. The van der Waals surface area contributed by atoms with Crippen molar-refractivity contribution in [2.45, 2.75) is 220 Å². The third-order valence-electron chi connectivity index (χ3n) is 16.2. The average molecular weight is 1120 g/mol. The number of aliphatic hydroxyl groups is 2. The van der Waals surface area contributed by atoms with Crippen molar-refractivity contribution in [1.29, 1.82) is 0 Å². The van der Waals surface area contributed by atoms with E-state index in [1.807, 2.05) is 78.9 Å². The van der Waals surface area contributed by atoms with Gasteiger partial charge in [-0.1, -0.05) is 84.0 Å². The lowest BCUT2D eigenvalue weighted by molar-refractivity contribution is -0.305. The fourth-order valence-electron chi connectivity index (χ4n) is 11.8. The molecule has 0 radical (unpaired) electrons. The second kappa shape index (κ2) is 29.9. The Bertz CT molecular complexity index is 2120. The first-order valence-electron chi connectivity index (χ1n) is 28.3. The Hall–Kier alpha value is -3.87. The van der Waals surface area contributed by atoms with E-state index in [0.717, 1.165) is 5.56 Å². The number of rotatable bonds is 17. The van der Waals surface area contributed by atoms with Gasteiger partial charge in [-0.25, -0.2) is 4.79 Å². The molecule has 1 amide bonds. The van der Waals surface area contributed by atoms with Crippen LogP contribution in [0.3, 0.4) is 0 Å². The molecule has 0 aliphatic carbocycles. The van der Waals surface area contributed by atoms with Gasteiger partial charge in [0.05, 0.1) is 54.7 Å². The van der Waals surface area contributed by atoms with Crippen LogP contribution in [0.5, 0.6) is 0 Å². The Morgan fingerprint density at radius 2 is 1.49 bits per heavy atom. The minimum Gasteiger partial charge on any atom is -0.461 e.